The zero-order valence-electron chi connectivity index (χ0n) is 7.73. The number of hydrogen-bond acceptors (Lipinski definition) is 4. The minimum absolute atomic E-state index is 0.141. The highest BCUT2D eigenvalue weighted by molar-refractivity contribution is 7.49. The van der Waals surface area contributed by atoms with Crippen LogP contribution in [-0.2, 0) is 17.7 Å². The van der Waals surface area contributed by atoms with Gasteiger partial charge in [0.25, 0.3) is 0 Å². The predicted molar refractivity (Wildman–Crippen MR) is 47.0 cm³/mol. The van der Waals surface area contributed by atoms with Crippen LogP contribution in [0.15, 0.2) is 0 Å². The lowest BCUT2D eigenvalue weighted by molar-refractivity contribution is 0.189. The van der Waals surface area contributed by atoms with Gasteiger partial charge in [0.1, 0.15) is 0 Å². The van der Waals surface area contributed by atoms with E-state index in [2.05, 4.69) is 4.52 Å². The van der Waals surface area contributed by atoms with Crippen LogP contribution in [0.3, 0.4) is 0 Å². The third-order valence-corrected chi connectivity index (χ3v) is 5.37. The van der Waals surface area contributed by atoms with Gasteiger partial charge in [-0.1, -0.05) is 0 Å². The molecule has 7 heteroatoms. The zero-order valence-corrected chi connectivity index (χ0v) is 9.63. The van der Waals surface area contributed by atoms with Gasteiger partial charge in [-0.05, 0) is 20.0 Å². The fraction of sp³-hybridized carbons (Fsp3) is 1.00. The first-order chi connectivity index (χ1) is 5.33. The van der Waals surface area contributed by atoms with E-state index in [9.17, 15) is 4.57 Å². The Morgan fingerprint density at radius 1 is 1.50 bits per heavy atom. The molecule has 0 aromatic carbocycles. The molecule has 0 spiro atoms. The molecule has 0 radical (unpaired) electrons. The molecule has 0 rings (SSSR count). The van der Waals surface area contributed by atoms with Crippen LogP contribution in [0.1, 0.15) is 6.92 Å². The Bertz CT molecular complexity index is 183. The lowest BCUT2D eigenvalue weighted by atomic mass is 10.9. The summed E-state index contributed by atoms with van der Waals surface area (Å²) in [6, 6.07) is 0. The van der Waals surface area contributed by atoms with E-state index in [0.29, 0.717) is 0 Å². The van der Waals surface area contributed by atoms with Gasteiger partial charge in [-0.3, -0.25) is 4.52 Å². The molecule has 0 heterocycles. The maximum atomic E-state index is 11.1. The third-order valence-electron chi connectivity index (χ3n) is 1.12. The molecule has 5 nitrogen and oxygen atoms in total. The molecule has 0 aliphatic heterocycles. The largest absolute Gasteiger partial charge is 0.464 e. The van der Waals surface area contributed by atoms with Crippen molar-refractivity contribution in [2.45, 2.75) is 20.0 Å². The topological polar surface area (TPSA) is 65.0 Å². The highest BCUT2D eigenvalue weighted by atomic mass is 31.2. The first-order valence-corrected chi connectivity index (χ1v) is 7.87. The molecule has 1 unspecified atom stereocenters. The molecular formula is C5H15O5PSi. The van der Waals surface area contributed by atoms with Crippen LogP contribution in [0, 0.1) is 0 Å². The zero-order chi connectivity index (χ0) is 9.83. The van der Waals surface area contributed by atoms with Gasteiger partial charge in [-0.15, -0.1) is 0 Å². The molecule has 0 aliphatic rings. The molecule has 0 saturated carbocycles. The second-order valence-corrected chi connectivity index (χ2v) is 7.72. The molecule has 0 aromatic heterocycles. The summed E-state index contributed by atoms with van der Waals surface area (Å²) in [7, 11) is -4.94. The van der Waals surface area contributed by atoms with Crippen LogP contribution in [0.5, 0.6) is 0 Å². The lowest BCUT2D eigenvalue weighted by Gasteiger charge is -2.22. The van der Waals surface area contributed by atoms with Gasteiger partial charge in [0.05, 0.1) is 6.61 Å². The van der Waals surface area contributed by atoms with Crippen molar-refractivity contribution < 1.29 is 22.6 Å². The minimum Gasteiger partial charge on any atom is -0.398 e. The number of phosphoric ester groups is 1. The molecular weight excluding hydrogens is 199 g/mol. The standard InChI is InChI=1S/C5H15O5PSi/c1-5-9-11(6,7)10-12(3,4)8-2/h5H2,1-4H3,(H,6,7). The first-order valence-electron chi connectivity index (χ1n) is 3.56. The third kappa shape index (κ3) is 5.03. The number of rotatable bonds is 5. The summed E-state index contributed by atoms with van der Waals surface area (Å²) < 4.78 is 25.3. The molecule has 0 bridgehead atoms. The van der Waals surface area contributed by atoms with Crippen molar-refractivity contribution in [3.63, 3.8) is 0 Å². The van der Waals surface area contributed by atoms with Crippen molar-refractivity contribution >= 4 is 16.4 Å². The molecule has 12 heavy (non-hydrogen) atoms. The van der Waals surface area contributed by atoms with E-state index in [1.165, 1.54) is 7.11 Å². The van der Waals surface area contributed by atoms with Gasteiger partial charge in [0.2, 0.25) is 0 Å². The molecule has 0 fully saturated rings. The Kier molecular flexibility index (Phi) is 4.61. The fourth-order valence-corrected chi connectivity index (χ4v) is 3.56. The lowest BCUT2D eigenvalue weighted by Crippen LogP contribution is -2.32. The van der Waals surface area contributed by atoms with Crippen molar-refractivity contribution in [3.05, 3.63) is 0 Å². The van der Waals surface area contributed by atoms with E-state index in [1.54, 1.807) is 20.0 Å². The summed E-state index contributed by atoms with van der Waals surface area (Å²) in [5, 5.41) is 0. The Labute approximate surface area is 73.5 Å². The normalized spacial score (nSPS) is 17.4. The molecule has 0 saturated heterocycles. The maximum Gasteiger partial charge on any atom is 0.464 e. The monoisotopic (exact) mass is 214 g/mol. The Morgan fingerprint density at radius 2 is 2.00 bits per heavy atom. The predicted octanol–water partition coefficient (Wildman–Crippen LogP) is 1.49. The second-order valence-electron chi connectivity index (χ2n) is 2.58. The van der Waals surface area contributed by atoms with Gasteiger partial charge in [0.15, 0.2) is 0 Å². The summed E-state index contributed by atoms with van der Waals surface area (Å²) in [5.41, 5.74) is 0. The van der Waals surface area contributed by atoms with Crippen LogP contribution >= 0.6 is 7.82 Å². The molecule has 0 aromatic rings. The van der Waals surface area contributed by atoms with E-state index < -0.39 is 16.4 Å². The SMILES string of the molecule is CCOP(=O)(O)O[Si](C)(C)OC. The van der Waals surface area contributed by atoms with Crippen molar-refractivity contribution in [2.75, 3.05) is 13.7 Å². The fourth-order valence-electron chi connectivity index (χ4n) is 0.505. The summed E-state index contributed by atoms with van der Waals surface area (Å²) in [4.78, 5) is 9.05. The average molecular weight is 214 g/mol. The van der Waals surface area contributed by atoms with Crippen molar-refractivity contribution in [1.82, 2.24) is 0 Å². The maximum absolute atomic E-state index is 11.1. The molecule has 1 N–H and O–H groups in total. The summed E-state index contributed by atoms with van der Waals surface area (Å²) in [6.45, 7) is 5.08. The van der Waals surface area contributed by atoms with Crippen molar-refractivity contribution in [2.24, 2.45) is 0 Å². The van der Waals surface area contributed by atoms with E-state index in [0.717, 1.165) is 0 Å². The average Bonchev–Trinajstić information content (AvgIpc) is 1.85. The van der Waals surface area contributed by atoms with E-state index in [-0.39, 0.29) is 6.61 Å². The summed E-state index contributed by atoms with van der Waals surface area (Å²) >= 11 is 0. The molecule has 0 aliphatic carbocycles. The minimum atomic E-state index is -3.89. The van der Waals surface area contributed by atoms with E-state index >= 15 is 0 Å². The Morgan fingerprint density at radius 3 is 2.33 bits per heavy atom. The van der Waals surface area contributed by atoms with Gasteiger partial charge in [-0.2, -0.15) is 0 Å². The van der Waals surface area contributed by atoms with Gasteiger partial charge in [-0.25, -0.2) is 4.57 Å². The van der Waals surface area contributed by atoms with Crippen LogP contribution < -0.4 is 0 Å². The van der Waals surface area contributed by atoms with Crippen LogP contribution in [0.4, 0.5) is 0 Å². The van der Waals surface area contributed by atoms with Gasteiger partial charge >= 0.3 is 16.4 Å². The van der Waals surface area contributed by atoms with Gasteiger partial charge in [0, 0.05) is 7.11 Å². The van der Waals surface area contributed by atoms with Gasteiger partial charge < -0.3 is 13.5 Å². The highest BCUT2D eigenvalue weighted by Crippen LogP contribution is 2.45. The van der Waals surface area contributed by atoms with Crippen LogP contribution in [0.2, 0.25) is 13.1 Å². The Hall–Kier alpha value is 0.287. The highest BCUT2D eigenvalue weighted by Gasteiger charge is 2.34. The molecule has 0 amide bonds. The Balaban J connectivity index is 4.14. The quantitative estimate of drug-likeness (QED) is 0.554. The number of phosphoric acid groups is 1. The van der Waals surface area contributed by atoms with Crippen molar-refractivity contribution in [3.8, 4) is 0 Å². The van der Waals surface area contributed by atoms with Crippen LogP contribution in [-0.4, -0.2) is 27.2 Å². The van der Waals surface area contributed by atoms with E-state index in [4.69, 9.17) is 13.5 Å². The first kappa shape index (κ1) is 12.3. The van der Waals surface area contributed by atoms with Crippen LogP contribution in [0.25, 0.3) is 0 Å². The van der Waals surface area contributed by atoms with E-state index in [1.807, 2.05) is 0 Å². The second kappa shape index (κ2) is 4.50. The number of hydrogen-bond donors (Lipinski definition) is 1. The smallest absolute Gasteiger partial charge is 0.398 e. The summed E-state index contributed by atoms with van der Waals surface area (Å²) in [5.74, 6) is 0. The summed E-state index contributed by atoms with van der Waals surface area (Å²) in [6.07, 6.45) is 0. The molecule has 1 atom stereocenters. The van der Waals surface area contributed by atoms with Crippen molar-refractivity contribution in [1.29, 1.82) is 0 Å². The molecule has 74 valence electrons.